The van der Waals surface area contributed by atoms with Crippen molar-refractivity contribution in [3.63, 3.8) is 0 Å². The number of nitrogens with one attached hydrogen (secondary N) is 1. The van der Waals surface area contributed by atoms with E-state index in [1.807, 2.05) is 24.3 Å². The standard InChI is InChI=1S/C22H19F3N4O3S/c1-29-18(20(30)32-3)16(22(23,24)25)17(28-29)14-5-4-6-15-19(14)33-21(27-15)26-11-12-7-9-13(31-2)10-8-12/h4-10H,11H2,1-3H3,(H,26,27). The Labute approximate surface area is 190 Å². The van der Waals surface area contributed by atoms with Crippen LogP contribution in [0.4, 0.5) is 18.3 Å². The van der Waals surface area contributed by atoms with Crippen LogP contribution in [0.3, 0.4) is 0 Å². The van der Waals surface area contributed by atoms with Gasteiger partial charge in [-0.25, -0.2) is 9.78 Å². The number of hydrogen-bond donors (Lipinski definition) is 1. The molecule has 0 fully saturated rings. The van der Waals surface area contributed by atoms with Crippen LogP contribution in [0, 0.1) is 0 Å². The lowest BCUT2D eigenvalue weighted by Gasteiger charge is -2.09. The molecule has 4 rings (SSSR count). The molecule has 0 radical (unpaired) electrons. The van der Waals surface area contributed by atoms with Crippen molar-refractivity contribution in [2.24, 2.45) is 7.05 Å². The molecule has 0 atom stereocenters. The van der Waals surface area contributed by atoms with Gasteiger partial charge in [0.15, 0.2) is 10.8 Å². The summed E-state index contributed by atoms with van der Waals surface area (Å²) in [7, 11) is 3.89. The number of carbonyl (C=O) groups is 1. The van der Waals surface area contributed by atoms with Crippen molar-refractivity contribution in [1.82, 2.24) is 14.8 Å². The SMILES string of the molecule is COC(=O)c1c(C(F)(F)F)c(-c2cccc3nc(NCc4ccc(OC)cc4)sc23)nn1C. The van der Waals surface area contributed by atoms with Gasteiger partial charge in [-0.05, 0) is 23.8 Å². The van der Waals surface area contributed by atoms with E-state index in [-0.39, 0.29) is 11.3 Å². The second kappa shape index (κ2) is 8.74. The Balaban J connectivity index is 1.74. The number of aryl methyl sites for hydroxylation is 1. The van der Waals surface area contributed by atoms with Crippen molar-refractivity contribution in [2.75, 3.05) is 19.5 Å². The van der Waals surface area contributed by atoms with Gasteiger partial charge in [0.2, 0.25) is 0 Å². The molecular weight excluding hydrogens is 457 g/mol. The summed E-state index contributed by atoms with van der Waals surface area (Å²) >= 11 is 1.21. The minimum Gasteiger partial charge on any atom is -0.497 e. The van der Waals surface area contributed by atoms with E-state index in [0.29, 0.717) is 21.9 Å². The number of hydrogen-bond acceptors (Lipinski definition) is 7. The lowest BCUT2D eigenvalue weighted by molar-refractivity contribution is -0.137. The second-order valence-corrected chi connectivity index (χ2v) is 8.06. The number of esters is 1. The van der Waals surface area contributed by atoms with Crippen molar-refractivity contribution in [2.45, 2.75) is 12.7 Å². The van der Waals surface area contributed by atoms with Crippen LogP contribution in [-0.2, 0) is 24.5 Å². The molecule has 0 aliphatic carbocycles. The number of methoxy groups -OCH3 is 2. The number of benzene rings is 2. The fraction of sp³-hybridized carbons (Fsp3) is 0.227. The van der Waals surface area contributed by atoms with Crippen LogP contribution in [-0.4, -0.2) is 35.0 Å². The lowest BCUT2D eigenvalue weighted by atomic mass is 10.0. The molecule has 0 bridgehead atoms. The first kappa shape index (κ1) is 22.6. The molecule has 2 aromatic heterocycles. The van der Waals surface area contributed by atoms with Crippen LogP contribution in [0.25, 0.3) is 21.5 Å². The molecule has 1 N–H and O–H groups in total. The zero-order chi connectivity index (χ0) is 23.8. The van der Waals surface area contributed by atoms with Crippen molar-refractivity contribution in [1.29, 1.82) is 0 Å². The molecule has 0 unspecified atom stereocenters. The highest BCUT2D eigenvalue weighted by Crippen LogP contribution is 2.43. The third-order valence-electron chi connectivity index (χ3n) is 4.98. The highest BCUT2D eigenvalue weighted by molar-refractivity contribution is 7.22. The normalized spacial score (nSPS) is 11.6. The minimum absolute atomic E-state index is 0.237. The summed E-state index contributed by atoms with van der Waals surface area (Å²) < 4.78 is 53.1. The predicted octanol–water partition coefficient (Wildman–Crippen LogP) is 5.12. The first-order valence-electron chi connectivity index (χ1n) is 9.72. The van der Waals surface area contributed by atoms with E-state index < -0.39 is 23.4 Å². The van der Waals surface area contributed by atoms with E-state index >= 15 is 0 Å². The maximum Gasteiger partial charge on any atom is 0.420 e. The number of nitrogens with zero attached hydrogens (tertiary/aromatic N) is 3. The Bertz CT molecular complexity index is 1310. The van der Waals surface area contributed by atoms with Gasteiger partial charge in [0, 0.05) is 19.2 Å². The molecule has 0 spiro atoms. The predicted molar refractivity (Wildman–Crippen MR) is 118 cm³/mol. The van der Waals surface area contributed by atoms with Gasteiger partial charge in [-0.2, -0.15) is 18.3 Å². The summed E-state index contributed by atoms with van der Waals surface area (Å²) in [5.74, 6) is -0.368. The van der Waals surface area contributed by atoms with Crippen LogP contribution >= 0.6 is 11.3 Å². The van der Waals surface area contributed by atoms with E-state index in [1.54, 1.807) is 19.2 Å². The molecular formula is C22H19F3N4O3S. The van der Waals surface area contributed by atoms with Gasteiger partial charge in [0.05, 0.1) is 24.4 Å². The first-order chi connectivity index (χ1) is 15.7. The fourth-order valence-electron chi connectivity index (χ4n) is 3.44. The van der Waals surface area contributed by atoms with Gasteiger partial charge in [0.25, 0.3) is 0 Å². The molecule has 7 nitrogen and oxygen atoms in total. The van der Waals surface area contributed by atoms with Crippen molar-refractivity contribution < 1.29 is 27.4 Å². The molecule has 2 aromatic carbocycles. The van der Waals surface area contributed by atoms with E-state index in [0.717, 1.165) is 23.1 Å². The summed E-state index contributed by atoms with van der Waals surface area (Å²) in [6, 6.07) is 12.3. The van der Waals surface area contributed by atoms with Crippen molar-refractivity contribution in [3.8, 4) is 17.0 Å². The zero-order valence-corrected chi connectivity index (χ0v) is 18.7. The Morgan fingerprint density at radius 1 is 1.15 bits per heavy atom. The zero-order valence-electron chi connectivity index (χ0n) is 17.9. The summed E-state index contributed by atoms with van der Waals surface area (Å²) in [5, 5.41) is 7.78. The van der Waals surface area contributed by atoms with Gasteiger partial charge in [-0.15, -0.1) is 0 Å². The van der Waals surface area contributed by atoms with E-state index in [4.69, 9.17) is 4.74 Å². The number of thiazole rings is 1. The van der Waals surface area contributed by atoms with E-state index in [2.05, 4.69) is 20.1 Å². The molecule has 0 saturated heterocycles. The number of fused-ring (bicyclic) bond motifs is 1. The van der Waals surface area contributed by atoms with Crippen LogP contribution < -0.4 is 10.1 Å². The average molecular weight is 476 g/mol. The number of halogens is 3. The van der Waals surface area contributed by atoms with Crippen LogP contribution in [0.1, 0.15) is 21.6 Å². The second-order valence-electron chi connectivity index (χ2n) is 7.06. The quantitative estimate of drug-likeness (QED) is 0.389. The summed E-state index contributed by atoms with van der Waals surface area (Å²) in [6.45, 7) is 0.475. The maximum absolute atomic E-state index is 14.0. The minimum atomic E-state index is -4.81. The molecule has 0 aliphatic heterocycles. The molecule has 11 heteroatoms. The number of rotatable bonds is 6. The Hall–Kier alpha value is -3.60. The number of carbonyl (C=O) groups excluding carboxylic acids is 1. The van der Waals surface area contributed by atoms with Gasteiger partial charge in [-0.1, -0.05) is 35.6 Å². The highest BCUT2D eigenvalue weighted by Gasteiger charge is 2.43. The monoisotopic (exact) mass is 476 g/mol. The molecule has 33 heavy (non-hydrogen) atoms. The Morgan fingerprint density at radius 3 is 2.52 bits per heavy atom. The molecule has 2 heterocycles. The lowest BCUT2D eigenvalue weighted by Crippen LogP contribution is -2.16. The van der Waals surface area contributed by atoms with Gasteiger partial charge < -0.3 is 14.8 Å². The van der Waals surface area contributed by atoms with Gasteiger partial charge in [0.1, 0.15) is 17.0 Å². The van der Waals surface area contributed by atoms with Crippen molar-refractivity contribution in [3.05, 3.63) is 59.3 Å². The maximum atomic E-state index is 14.0. The Morgan fingerprint density at radius 2 is 1.88 bits per heavy atom. The van der Waals surface area contributed by atoms with Crippen LogP contribution in [0.2, 0.25) is 0 Å². The molecule has 0 aliphatic rings. The fourth-order valence-corrected chi connectivity index (χ4v) is 4.42. The van der Waals surface area contributed by atoms with Gasteiger partial charge in [-0.3, -0.25) is 4.68 Å². The summed E-state index contributed by atoms with van der Waals surface area (Å²) in [4.78, 5) is 16.6. The molecule has 4 aromatic rings. The van der Waals surface area contributed by atoms with Crippen LogP contribution in [0.15, 0.2) is 42.5 Å². The molecule has 172 valence electrons. The topological polar surface area (TPSA) is 78.3 Å². The summed E-state index contributed by atoms with van der Waals surface area (Å²) in [6.07, 6.45) is -4.81. The van der Waals surface area contributed by atoms with Gasteiger partial charge >= 0.3 is 12.1 Å². The first-order valence-corrected chi connectivity index (χ1v) is 10.5. The van der Waals surface area contributed by atoms with E-state index in [1.165, 1.54) is 24.5 Å². The Kier molecular flexibility index (Phi) is 5.98. The third-order valence-corrected chi connectivity index (χ3v) is 6.04. The number of alkyl halides is 3. The molecule has 0 saturated carbocycles. The number of ether oxygens (including phenoxy) is 2. The number of aromatic nitrogens is 3. The van der Waals surface area contributed by atoms with E-state index in [9.17, 15) is 18.0 Å². The highest BCUT2D eigenvalue weighted by atomic mass is 32.1. The third kappa shape index (κ3) is 4.36. The summed E-state index contributed by atoms with van der Waals surface area (Å²) in [5.41, 5.74) is -0.387. The van der Waals surface area contributed by atoms with Crippen molar-refractivity contribution >= 4 is 32.7 Å². The number of anilines is 1. The smallest absolute Gasteiger partial charge is 0.420 e. The molecule has 0 amide bonds. The average Bonchev–Trinajstić information content (AvgIpc) is 3.37. The van der Waals surface area contributed by atoms with Crippen LogP contribution in [0.5, 0.6) is 5.75 Å². The largest absolute Gasteiger partial charge is 0.497 e.